The van der Waals surface area contributed by atoms with E-state index in [0.29, 0.717) is 24.2 Å². The second kappa shape index (κ2) is 10.9. The zero-order valence-electron chi connectivity index (χ0n) is 17.8. The van der Waals surface area contributed by atoms with Crippen LogP contribution in [-0.2, 0) is 6.42 Å². The molecule has 8 nitrogen and oxygen atoms in total. The molecule has 0 aliphatic heterocycles. The fourth-order valence-corrected chi connectivity index (χ4v) is 2.89. The maximum Gasteiger partial charge on any atom is 0.393 e. The van der Waals surface area contributed by atoms with Crippen molar-refractivity contribution in [2.45, 2.75) is 38.3 Å². The van der Waals surface area contributed by atoms with Crippen molar-refractivity contribution < 1.29 is 42.4 Å². The molecule has 0 bridgehead atoms. The minimum Gasteiger partial charge on any atom is -0.490 e. The van der Waals surface area contributed by atoms with Crippen molar-refractivity contribution in [2.24, 2.45) is 11.8 Å². The van der Waals surface area contributed by atoms with Gasteiger partial charge in [0.25, 0.3) is 0 Å². The van der Waals surface area contributed by atoms with Crippen molar-refractivity contribution in [1.29, 1.82) is 0 Å². The maximum atomic E-state index is 12.4. The van der Waals surface area contributed by atoms with Crippen LogP contribution in [0, 0.1) is 11.8 Å². The predicted octanol–water partition coefficient (Wildman–Crippen LogP) is 4.90. The second-order valence-electron chi connectivity index (χ2n) is 8.06. The smallest absolute Gasteiger partial charge is 0.393 e. The zero-order valence-corrected chi connectivity index (χ0v) is 18.6. The van der Waals surface area contributed by atoms with Crippen molar-refractivity contribution in [3.05, 3.63) is 46.4 Å². The highest BCUT2D eigenvalue weighted by molar-refractivity contribution is 6.31. The average molecular weight is 503 g/mol. The summed E-state index contributed by atoms with van der Waals surface area (Å²) in [4.78, 5) is 28.7. The van der Waals surface area contributed by atoms with Gasteiger partial charge in [0.05, 0.1) is 19.6 Å². The molecule has 0 saturated heterocycles. The second-order valence-corrected chi connectivity index (χ2v) is 8.42. The summed E-state index contributed by atoms with van der Waals surface area (Å²) in [6.45, 7) is 0.911. The Morgan fingerprint density at radius 1 is 0.912 bits per heavy atom. The van der Waals surface area contributed by atoms with Gasteiger partial charge in [-0.2, -0.15) is 13.2 Å². The number of ether oxygens (including phenoxy) is 2. The molecule has 0 atom stereocenters. The predicted molar refractivity (Wildman–Crippen MR) is 114 cm³/mol. The van der Waals surface area contributed by atoms with Crippen LogP contribution in [0.2, 0.25) is 5.15 Å². The van der Waals surface area contributed by atoms with E-state index in [-0.39, 0.29) is 34.6 Å². The number of aromatic carboxylic acids is 2. The Kier molecular flexibility index (Phi) is 8.19. The van der Waals surface area contributed by atoms with Crippen LogP contribution in [0.5, 0.6) is 11.6 Å². The lowest BCUT2D eigenvalue weighted by Gasteiger charge is -2.12. The molecule has 2 aliphatic carbocycles. The Bertz CT molecular complexity index is 1040. The summed E-state index contributed by atoms with van der Waals surface area (Å²) in [6, 6.07) is 5.08. The first-order valence-corrected chi connectivity index (χ1v) is 10.8. The minimum absolute atomic E-state index is 0.0706. The summed E-state index contributed by atoms with van der Waals surface area (Å²) < 4.78 is 47.8. The fraction of sp³-hybridized carbons (Fsp3) is 0.455. The van der Waals surface area contributed by atoms with Crippen LogP contribution in [0.15, 0.2) is 24.3 Å². The number of hydrogen-bond acceptors (Lipinski definition) is 6. The minimum atomic E-state index is -4.38. The number of halogens is 4. The first-order valence-electron chi connectivity index (χ1n) is 10.5. The van der Waals surface area contributed by atoms with Gasteiger partial charge in [0.2, 0.25) is 5.88 Å². The monoisotopic (exact) mass is 502 g/mol. The summed E-state index contributed by atoms with van der Waals surface area (Å²) >= 11 is 5.78. The Morgan fingerprint density at radius 3 is 1.94 bits per heavy atom. The van der Waals surface area contributed by atoms with Crippen LogP contribution in [0.4, 0.5) is 13.2 Å². The quantitative estimate of drug-likeness (QED) is 0.465. The first-order chi connectivity index (χ1) is 16.0. The fourth-order valence-electron chi connectivity index (χ4n) is 2.69. The first kappa shape index (κ1) is 25.5. The molecule has 2 aromatic rings. The number of alkyl halides is 3. The van der Waals surface area contributed by atoms with E-state index in [2.05, 4.69) is 9.97 Å². The van der Waals surface area contributed by atoms with Crippen molar-refractivity contribution >= 4 is 23.5 Å². The third kappa shape index (κ3) is 8.36. The number of aromatic nitrogens is 2. The molecule has 2 saturated carbocycles. The lowest BCUT2D eigenvalue weighted by Crippen LogP contribution is -2.15. The molecular weight excluding hydrogens is 481 g/mol. The molecule has 34 heavy (non-hydrogen) atoms. The zero-order chi connectivity index (χ0) is 24.9. The van der Waals surface area contributed by atoms with E-state index < -0.39 is 24.5 Å². The topological polar surface area (TPSA) is 119 Å². The Balaban J connectivity index is 0.000000196. The van der Waals surface area contributed by atoms with Gasteiger partial charge in [-0.05, 0) is 55.7 Å². The number of carboxylic acid groups (broad SMARTS) is 2. The third-order valence-corrected chi connectivity index (χ3v) is 5.18. The number of carbonyl (C=O) groups is 2. The van der Waals surface area contributed by atoms with Crippen LogP contribution in [0.25, 0.3) is 0 Å². The number of carboxylic acids is 2. The average Bonchev–Trinajstić information content (AvgIpc) is 3.66. The molecule has 184 valence electrons. The highest BCUT2D eigenvalue weighted by Gasteiger charge is 2.31. The van der Waals surface area contributed by atoms with Crippen molar-refractivity contribution in [3.63, 3.8) is 0 Å². The van der Waals surface area contributed by atoms with Crippen molar-refractivity contribution in [2.75, 3.05) is 13.2 Å². The summed E-state index contributed by atoms with van der Waals surface area (Å²) in [5.74, 6) is -1.20. The number of rotatable bonds is 9. The Labute approximate surface area is 197 Å². The van der Waals surface area contributed by atoms with Gasteiger partial charge in [-0.1, -0.05) is 17.7 Å². The summed E-state index contributed by atoms with van der Waals surface area (Å²) in [7, 11) is 0. The highest BCUT2D eigenvalue weighted by atomic mass is 35.5. The van der Waals surface area contributed by atoms with Crippen molar-refractivity contribution in [1.82, 2.24) is 9.97 Å². The van der Waals surface area contributed by atoms with Gasteiger partial charge in [-0.15, -0.1) is 0 Å². The third-order valence-electron chi connectivity index (χ3n) is 4.91. The van der Waals surface area contributed by atoms with E-state index in [1.165, 1.54) is 18.9 Å². The molecule has 0 aromatic carbocycles. The van der Waals surface area contributed by atoms with E-state index in [1.54, 1.807) is 6.07 Å². The summed E-state index contributed by atoms with van der Waals surface area (Å²) in [5.41, 5.74) is -0.534. The van der Waals surface area contributed by atoms with Crippen LogP contribution < -0.4 is 9.47 Å². The molecule has 2 aliphatic rings. The van der Waals surface area contributed by atoms with Gasteiger partial charge >= 0.3 is 18.1 Å². The Morgan fingerprint density at radius 2 is 1.44 bits per heavy atom. The van der Waals surface area contributed by atoms with Crippen LogP contribution in [-0.4, -0.2) is 51.5 Å². The lowest BCUT2D eigenvalue weighted by molar-refractivity contribution is -0.127. The molecule has 12 heteroatoms. The van der Waals surface area contributed by atoms with Gasteiger partial charge in [0, 0.05) is 5.56 Å². The number of hydrogen-bond donors (Lipinski definition) is 2. The molecule has 0 amide bonds. The maximum absolute atomic E-state index is 12.4. The van der Waals surface area contributed by atoms with E-state index >= 15 is 0 Å². The van der Waals surface area contributed by atoms with Gasteiger partial charge in [-0.25, -0.2) is 19.6 Å². The molecule has 2 fully saturated rings. The molecule has 0 unspecified atom stereocenters. The normalized spacial score (nSPS) is 15.2. The van der Waals surface area contributed by atoms with E-state index in [9.17, 15) is 22.8 Å². The van der Waals surface area contributed by atoms with Gasteiger partial charge in [0.15, 0.2) is 16.6 Å². The Hall–Kier alpha value is -3.08. The number of pyridine rings is 2. The SMILES string of the molecule is O=C(O)c1ccc(CC(F)(F)F)c(OCC2CC2)n1.O=C(O)c1ccc(OCC2CC2)c(Cl)n1. The number of nitrogens with zero attached hydrogens (tertiary/aromatic N) is 2. The molecule has 2 aromatic heterocycles. The van der Waals surface area contributed by atoms with Gasteiger partial charge in [-0.3, -0.25) is 0 Å². The van der Waals surface area contributed by atoms with E-state index in [0.717, 1.165) is 25.0 Å². The standard InChI is InChI=1S/C12H12F3NO3.C10H10ClNO3/c13-12(14,15)5-8-3-4-9(11(17)18)16-10(8)19-6-7-1-2-7;11-9-8(15-5-6-1-2-6)4-3-7(12-9)10(13)14/h3-4,7H,1-2,5-6H2,(H,17,18);3-4,6H,1-2,5H2,(H,13,14). The lowest BCUT2D eigenvalue weighted by atomic mass is 10.2. The summed E-state index contributed by atoms with van der Waals surface area (Å²) in [6.07, 6.45) is -1.22. The molecule has 2 heterocycles. The van der Waals surface area contributed by atoms with Crippen LogP contribution >= 0.6 is 11.6 Å². The molecular formula is C22H22ClF3N2O6. The van der Waals surface area contributed by atoms with Gasteiger partial charge < -0.3 is 19.7 Å². The van der Waals surface area contributed by atoms with Crippen molar-refractivity contribution in [3.8, 4) is 11.6 Å². The highest BCUT2D eigenvalue weighted by Crippen LogP contribution is 2.32. The summed E-state index contributed by atoms with van der Waals surface area (Å²) in [5, 5.41) is 17.6. The van der Waals surface area contributed by atoms with Gasteiger partial charge in [0.1, 0.15) is 5.69 Å². The van der Waals surface area contributed by atoms with E-state index in [4.69, 9.17) is 31.3 Å². The van der Waals surface area contributed by atoms with Crippen LogP contribution in [0.1, 0.15) is 52.2 Å². The molecule has 4 rings (SSSR count). The molecule has 0 spiro atoms. The molecule has 0 radical (unpaired) electrons. The van der Waals surface area contributed by atoms with E-state index in [1.807, 2.05) is 0 Å². The van der Waals surface area contributed by atoms with Crippen LogP contribution in [0.3, 0.4) is 0 Å². The molecule has 2 N–H and O–H groups in total. The largest absolute Gasteiger partial charge is 0.490 e.